The lowest BCUT2D eigenvalue weighted by Gasteiger charge is -2.35. The number of carbonyl (C=O) groups excluding carboxylic acids is 1. The minimum absolute atomic E-state index is 0. The van der Waals surface area contributed by atoms with Crippen molar-refractivity contribution < 1.29 is 9.53 Å². The largest absolute Gasteiger partial charge is 0.384 e. The van der Waals surface area contributed by atoms with Crippen LogP contribution < -0.4 is 10.6 Å². The van der Waals surface area contributed by atoms with Crippen molar-refractivity contribution in [1.29, 1.82) is 0 Å². The Bertz CT molecular complexity index is 752. The van der Waals surface area contributed by atoms with Crippen LogP contribution in [-0.2, 0) is 16.1 Å². The second kappa shape index (κ2) is 9.88. The fraction of sp³-hybridized carbons (Fsp3) is 0.409. The molecule has 0 saturated carbocycles. The zero-order chi connectivity index (χ0) is 18.4. The Hall–Kier alpha value is -1.88. The number of aryl methyl sites for hydroxylation is 1. The lowest BCUT2D eigenvalue weighted by atomic mass is 9.78. The first-order valence-electron chi connectivity index (χ1n) is 9.27. The first kappa shape index (κ1) is 21.4. The van der Waals surface area contributed by atoms with Crippen molar-refractivity contribution in [3.63, 3.8) is 0 Å². The molecule has 1 aliphatic heterocycles. The lowest BCUT2D eigenvalue weighted by Crippen LogP contribution is -2.49. The van der Waals surface area contributed by atoms with Crippen molar-refractivity contribution in [1.82, 2.24) is 10.6 Å². The van der Waals surface area contributed by atoms with Gasteiger partial charge in [0.25, 0.3) is 0 Å². The van der Waals surface area contributed by atoms with Crippen LogP contribution in [0.25, 0.3) is 11.1 Å². The normalized spacial score (nSPS) is 15.6. The molecular weight excluding hydrogens is 360 g/mol. The summed E-state index contributed by atoms with van der Waals surface area (Å²) >= 11 is 0. The van der Waals surface area contributed by atoms with Gasteiger partial charge in [-0.1, -0.05) is 48.0 Å². The van der Waals surface area contributed by atoms with E-state index in [1.165, 1.54) is 16.7 Å². The van der Waals surface area contributed by atoms with Crippen molar-refractivity contribution in [2.24, 2.45) is 5.41 Å². The van der Waals surface area contributed by atoms with Crippen LogP contribution in [0.2, 0.25) is 0 Å². The summed E-state index contributed by atoms with van der Waals surface area (Å²) in [6.07, 6.45) is 1.63. The van der Waals surface area contributed by atoms with Gasteiger partial charge in [0.05, 0.1) is 12.0 Å². The van der Waals surface area contributed by atoms with E-state index >= 15 is 0 Å². The summed E-state index contributed by atoms with van der Waals surface area (Å²) in [5.74, 6) is 0.0989. The SMILES string of the molecule is COCC1(C(=O)NCc2cccc(-c3cccc(C)c3)c2)CCNCC1.Cl. The second-order valence-electron chi connectivity index (χ2n) is 7.22. The van der Waals surface area contributed by atoms with E-state index in [2.05, 4.69) is 66.1 Å². The van der Waals surface area contributed by atoms with Gasteiger partial charge in [-0.3, -0.25) is 4.79 Å². The molecule has 27 heavy (non-hydrogen) atoms. The number of hydrogen-bond donors (Lipinski definition) is 2. The molecule has 4 nitrogen and oxygen atoms in total. The summed E-state index contributed by atoms with van der Waals surface area (Å²) in [4.78, 5) is 12.9. The average molecular weight is 389 g/mol. The van der Waals surface area contributed by atoms with Gasteiger partial charge in [-0.2, -0.15) is 0 Å². The Labute approximate surface area is 168 Å². The first-order valence-corrected chi connectivity index (χ1v) is 9.27. The topological polar surface area (TPSA) is 50.4 Å². The third kappa shape index (κ3) is 5.32. The predicted octanol–water partition coefficient (Wildman–Crippen LogP) is 3.72. The van der Waals surface area contributed by atoms with Gasteiger partial charge in [0.1, 0.15) is 0 Å². The molecule has 0 spiro atoms. The predicted molar refractivity (Wildman–Crippen MR) is 112 cm³/mol. The maximum absolute atomic E-state index is 12.9. The zero-order valence-corrected chi connectivity index (χ0v) is 16.9. The summed E-state index contributed by atoms with van der Waals surface area (Å²) in [7, 11) is 1.67. The number of nitrogens with one attached hydrogen (secondary N) is 2. The van der Waals surface area contributed by atoms with E-state index in [0.29, 0.717) is 13.2 Å². The maximum Gasteiger partial charge on any atom is 0.228 e. The number of benzene rings is 2. The first-order chi connectivity index (χ1) is 12.6. The summed E-state index contributed by atoms with van der Waals surface area (Å²) in [5.41, 5.74) is 4.32. The van der Waals surface area contributed by atoms with Gasteiger partial charge in [0, 0.05) is 13.7 Å². The molecule has 1 saturated heterocycles. The highest BCUT2D eigenvalue weighted by Crippen LogP contribution is 2.29. The number of halogens is 1. The number of methoxy groups -OCH3 is 1. The van der Waals surface area contributed by atoms with Crippen LogP contribution in [0.1, 0.15) is 24.0 Å². The highest BCUT2D eigenvalue weighted by Gasteiger charge is 2.39. The summed E-state index contributed by atoms with van der Waals surface area (Å²) in [6, 6.07) is 16.8. The minimum Gasteiger partial charge on any atom is -0.384 e. The number of hydrogen-bond acceptors (Lipinski definition) is 3. The quantitative estimate of drug-likeness (QED) is 0.793. The smallest absolute Gasteiger partial charge is 0.228 e. The highest BCUT2D eigenvalue weighted by atomic mass is 35.5. The second-order valence-corrected chi connectivity index (χ2v) is 7.22. The van der Waals surface area contributed by atoms with Crippen molar-refractivity contribution in [3.8, 4) is 11.1 Å². The average Bonchev–Trinajstić information content (AvgIpc) is 2.67. The Morgan fingerprint density at radius 3 is 2.44 bits per heavy atom. The monoisotopic (exact) mass is 388 g/mol. The molecule has 0 aromatic heterocycles. The lowest BCUT2D eigenvalue weighted by molar-refractivity contribution is -0.136. The van der Waals surface area contributed by atoms with Gasteiger partial charge in [-0.05, 0) is 55.6 Å². The Morgan fingerprint density at radius 2 is 1.78 bits per heavy atom. The van der Waals surface area contributed by atoms with Gasteiger partial charge in [-0.25, -0.2) is 0 Å². The van der Waals surface area contributed by atoms with Crippen LogP contribution in [-0.4, -0.2) is 32.7 Å². The van der Waals surface area contributed by atoms with E-state index in [0.717, 1.165) is 31.5 Å². The summed E-state index contributed by atoms with van der Waals surface area (Å²) < 4.78 is 5.36. The van der Waals surface area contributed by atoms with Gasteiger partial charge in [0.2, 0.25) is 5.91 Å². The van der Waals surface area contributed by atoms with Crippen LogP contribution in [0.4, 0.5) is 0 Å². The number of ether oxygens (including phenoxy) is 1. The molecule has 2 aromatic carbocycles. The molecule has 1 aliphatic rings. The molecule has 1 amide bonds. The van der Waals surface area contributed by atoms with E-state index in [1.54, 1.807) is 7.11 Å². The number of carbonyl (C=O) groups is 1. The molecule has 5 heteroatoms. The maximum atomic E-state index is 12.9. The molecular formula is C22H29ClN2O2. The molecule has 1 fully saturated rings. The molecule has 0 radical (unpaired) electrons. The fourth-order valence-electron chi connectivity index (χ4n) is 3.67. The van der Waals surface area contributed by atoms with Crippen LogP contribution in [0.15, 0.2) is 48.5 Å². The number of amides is 1. The molecule has 0 bridgehead atoms. The minimum atomic E-state index is -0.409. The Balaban J connectivity index is 0.00000261. The van der Waals surface area contributed by atoms with Crippen molar-refractivity contribution >= 4 is 18.3 Å². The zero-order valence-electron chi connectivity index (χ0n) is 16.1. The van der Waals surface area contributed by atoms with E-state index in [4.69, 9.17) is 4.74 Å². The Morgan fingerprint density at radius 1 is 1.11 bits per heavy atom. The molecule has 0 unspecified atom stereocenters. The molecule has 0 atom stereocenters. The van der Waals surface area contributed by atoms with E-state index in [-0.39, 0.29) is 18.3 Å². The van der Waals surface area contributed by atoms with Crippen LogP contribution >= 0.6 is 12.4 Å². The van der Waals surface area contributed by atoms with Crippen LogP contribution in [0.3, 0.4) is 0 Å². The third-order valence-corrected chi connectivity index (χ3v) is 5.19. The van der Waals surface area contributed by atoms with Gasteiger partial charge in [-0.15, -0.1) is 12.4 Å². The third-order valence-electron chi connectivity index (χ3n) is 5.19. The molecule has 2 N–H and O–H groups in total. The van der Waals surface area contributed by atoms with E-state index in [1.807, 2.05) is 0 Å². The standard InChI is InChI=1S/C22H28N2O2.ClH/c1-17-5-3-7-19(13-17)20-8-4-6-18(14-20)15-24-21(25)22(16-26-2)9-11-23-12-10-22;/h3-8,13-14,23H,9-12,15-16H2,1-2H3,(H,24,25);1H. The molecule has 3 rings (SSSR count). The van der Waals surface area contributed by atoms with Crippen molar-refractivity contribution in [2.75, 3.05) is 26.8 Å². The van der Waals surface area contributed by atoms with Gasteiger partial charge in [0.15, 0.2) is 0 Å². The Kier molecular flexibility index (Phi) is 7.84. The van der Waals surface area contributed by atoms with E-state index < -0.39 is 5.41 Å². The van der Waals surface area contributed by atoms with Gasteiger partial charge >= 0.3 is 0 Å². The molecule has 146 valence electrons. The fourth-order valence-corrected chi connectivity index (χ4v) is 3.67. The molecule has 2 aromatic rings. The van der Waals surface area contributed by atoms with Gasteiger partial charge < -0.3 is 15.4 Å². The van der Waals surface area contributed by atoms with Crippen LogP contribution in [0, 0.1) is 12.3 Å². The number of piperidine rings is 1. The van der Waals surface area contributed by atoms with Crippen molar-refractivity contribution in [2.45, 2.75) is 26.3 Å². The summed E-state index contributed by atoms with van der Waals surface area (Å²) in [5, 5.41) is 6.46. The molecule has 1 heterocycles. The van der Waals surface area contributed by atoms with E-state index in [9.17, 15) is 4.79 Å². The molecule has 0 aliphatic carbocycles. The van der Waals surface area contributed by atoms with Crippen LogP contribution in [0.5, 0.6) is 0 Å². The van der Waals surface area contributed by atoms with Crippen molar-refractivity contribution in [3.05, 3.63) is 59.7 Å². The highest BCUT2D eigenvalue weighted by molar-refractivity contribution is 5.85. The summed E-state index contributed by atoms with van der Waals surface area (Å²) in [6.45, 7) is 4.84. The number of rotatable bonds is 6.